The Labute approximate surface area is 163 Å². The van der Waals surface area contributed by atoms with Crippen LogP contribution in [0.1, 0.15) is 46.9 Å². The highest BCUT2D eigenvalue weighted by Gasteiger charge is 2.30. The largest absolute Gasteiger partial charge is 0.361 e. The Morgan fingerprint density at radius 1 is 1.29 bits per heavy atom. The zero-order chi connectivity index (χ0) is 19.5. The molecule has 0 radical (unpaired) electrons. The molecule has 4 heterocycles. The predicted octanol–water partition coefficient (Wildman–Crippen LogP) is 2.78. The van der Waals surface area contributed by atoms with Gasteiger partial charge in [-0.2, -0.15) is 5.10 Å². The van der Waals surface area contributed by atoms with Crippen molar-refractivity contribution in [2.75, 3.05) is 6.54 Å². The van der Waals surface area contributed by atoms with E-state index in [0.717, 1.165) is 60.6 Å². The summed E-state index contributed by atoms with van der Waals surface area (Å²) in [6, 6.07) is 3.64. The standard InChI is InChI=1S/C20H22N6O2/c1-13-19(14(2)28-25-13)18-12-21-15(11-22-18)7-8-16-5-4-10-26(16)20(27)17-6-3-9-23-24-17/h3,6,9,11-12,16H,4-5,7-8,10H2,1-2H3. The van der Waals surface area contributed by atoms with Crippen molar-refractivity contribution in [3.63, 3.8) is 0 Å². The summed E-state index contributed by atoms with van der Waals surface area (Å²) < 4.78 is 5.20. The molecule has 0 bridgehead atoms. The molecule has 1 aliphatic rings. The second-order valence-electron chi connectivity index (χ2n) is 7.03. The molecule has 28 heavy (non-hydrogen) atoms. The van der Waals surface area contributed by atoms with E-state index in [4.69, 9.17) is 4.52 Å². The van der Waals surface area contributed by atoms with Crippen LogP contribution in [0.5, 0.6) is 0 Å². The molecule has 0 spiro atoms. The summed E-state index contributed by atoms with van der Waals surface area (Å²) in [5.74, 6) is 0.694. The second-order valence-corrected chi connectivity index (χ2v) is 7.03. The van der Waals surface area contributed by atoms with Crippen LogP contribution >= 0.6 is 0 Å². The van der Waals surface area contributed by atoms with Crippen molar-refractivity contribution < 1.29 is 9.32 Å². The van der Waals surface area contributed by atoms with Crippen LogP contribution in [0.3, 0.4) is 0 Å². The van der Waals surface area contributed by atoms with Crippen LogP contribution in [0.25, 0.3) is 11.3 Å². The van der Waals surface area contributed by atoms with E-state index in [1.54, 1.807) is 30.7 Å². The molecule has 8 heteroatoms. The first-order chi connectivity index (χ1) is 13.6. The summed E-state index contributed by atoms with van der Waals surface area (Å²) in [6.45, 7) is 4.52. The molecule has 144 valence electrons. The Balaban J connectivity index is 1.40. The molecule has 1 amide bonds. The highest BCUT2D eigenvalue weighted by atomic mass is 16.5. The van der Waals surface area contributed by atoms with Gasteiger partial charge in [0, 0.05) is 25.0 Å². The molecular formula is C20H22N6O2. The van der Waals surface area contributed by atoms with Gasteiger partial charge in [-0.25, -0.2) is 0 Å². The van der Waals surface area contributed by atoms with E-state index >= 15 is 0 Å². The lowest BCUT2D eigenvalue weighted by molar-refractivity contribution is 0.0723. The van der Waals surface area contributed by atoms with Crippen molar-refractivity contribution in [3.8, 4) is 11.3 Å². The van der Waals surface area contributed by atoms with Gasteiger partial charge < -0.3 is 9.42 Å². The van der Waals surface area contributed by atoms with Gasteiger partial charge in [0.15, 0.2) is 5.69 Å². The minimum absolute atomic E-state index is 0.0459. The Morgan fingerprint density at radius 2 is 2.18 bits per heavy atom. The average molecular weight is 378 g/mol. The molecule has 0 aliphatic carbocycles. The molecule has 1 fully saturated rings. The van der Waals surface area contributed by atoms with E-state index in [2.05, 4.69) is 25.3 Å². The zero-order valence-electron chi connectivity index (χ0n) is 16.0. The van der Waals surface area contributed by atoms with E-state index in [1.807, 2.05) is 18.7 Å². The van der Waals surface area contributed by atoms with Crippen molar-refractivity contribution in [2.45, 2.75) is 45.6 Å². The van der Waals surface area contributed by atoms with Gasteiger partial charge in [-0.15, -0.1) is 5.10 Å². The van der Waals surface area contributed by atoms with Crippen LogP contribution in [0.4, 0.5) is 0 Å². The van der Waals surface area contributed by atoms with Crippen LogP contribution in [-0.2, 0) is 6.42 Å². The first kappa shape index (κ1) is 18.2. The van der Waals surface area contributed by atoms with Crippen molar-refractivity contribution in [1.29, 1.82) is 0 Å². The number of aryl methyl sites for hydroxylation is 3. The first-order valence-corrected chi connectivity index (χ1v) is 9.46. The maximum atomic E-state index is 12.7. The van der Waals surface area contributed by atoms with E-state index in [0.29, 0.717) is 5.69 Å². The molecule has 0 saturated carbocycles. The molecule has 0 aromatic carbocycles. The fraction of sp³-hybridized carbons (Fsp3) is 0.400. The van der Waals surface area contributed by atoms with E-state index in [-0.39, 0.29) is 11.9 Å². The molecule has 8 nitrogen and oxygen atoms in total. The third kappa shape index (κ3) is 3.62. The second kappa shape index (κ2) is 7.84. The normalized spacial score (nSPS) is 16.5. The fourth-order valence-corrected chi connectivity index (χ4v) is 3.74. The van der Waals surface area contributed by atoms with Gasteiger partial charge in [-0.1, -0.05) is 5.16 Å². The molecule has 0 N–H and O–H groups in total. The van der Waals surface area contributed by atoms with Crippen molar-refractivity contribution >= 4 is 5.91 Å². The topological polar surface area (TPSA) is 97.9 Å². The predicted molar refractivity (Wildman–Crippen MR) is 101 cm³/mol. The van der Waals surface area contributed by atoms with Crippen molar-refractivity contribution in [3.05, 3.63) is 53.6 Å². The maximum absolute atomic E-state index is 12.7. The summed E-state index contributed by atoms with van der Waals surface area (Å²) in [4.78, 5) is 23.7. The maximum Gasteiger partial charge on any atom is 0.274 e. The number of hydrogen-bond acceptors (Lipinski definition) is 7. The Hall–Kier alpha value is -3.16. The van der Waals surface area contributed by atoms with Gasteiger partial charge in [0.1, 0.15) is 5.76 Å². The highest BCUT2D eigenvalue weighted by Crippen LogP contribution is 2.25. The number of aromatic nitrogens is 5. The number of amides is 1. The van der Waals surface area contributed by atoms with Crippen LogP contribution in [0.15, 0.2) is 35.2 Å². The summed E-state index contributed by atoms with van der Waals surface area (Å²) in [5, 5.41) is 11.7. The van der Waals surface area contributed by atoms with Gasteiger partial charge in [0.25, 0.3) is 5.91 Å². The summed E-state index contributed by atoms with van der Waals surface area (Å²) in [7, 11) is 0. The third-order valence-corrected chi connectivity index (χ3v) is 5.16. The third-order valence-electron chi connectivity index (χ3n) is 5.16. The van der Waals surface area contributed by atoms with Crippen LogP contribution in [0, 0.1) is 13.8 Å². The lowest BCUT2D eigenvalue weighted by Gasteiger charge is -2.24. The molecule has 1 saturated heterocycles. The summed E-state index contributed by atoms with van der Waals surface area (Å²) in [5.41, 5.74) is 3.78. The van der Waals surface area contributed by atoms with Gasteiger partial charge in [-0.3, -0.25) is 14.8 Å². The fourth-order valence-electron chi connectivity index (χ4n) is 3.74. The molecule has 1 unspecified atom stereocenters. The lowest BCUT2D eigenvalue weighted by Crippen LogP contribution is -2.36. The number of carbonyl (C=O) groups is 1. The first-order valence-electron chi connectivity index (χ1n) is 9.46. The van der Waals surface area contributed by atoms with Gasteiger partial charge in [0.2, 0.25) is 0 Å². The van der Waals surface area contributed by atoms with Crippen molar-refractivity contribution in [2.24, 2.45) is 0 Å². The number of nitrogens with zero attached hydrogens (tertiary/aromatic N) is 6. The average Bonchev–Trinajstić information content (AvgIpc) is 3.33. The van der Waals surface area contributed by atoms with E-state index < -0.39 is 0 Å². The monoisotopic (exact) mass is 378 g/mol. The Bertz CT molecular complexity index is 935. The minimum Gasteiger partial charge on any atom is -0.361 e. The smallest absolute Gasteiger partial charge is 0.274 e. The van der Waals surface area contributed by atoms with E-state index in [9.17, 15) is 4.79 Å². The minimum atomic E-state index is -0.0459. The summed E-state index contributed by atoms with van der Waals surface area (Å²) in [6.07, 6.45) is 8.76. The lowest BCUT2D eigenvalue weighted by atomic mass is 10.1. The zero-order valence-corrected chi connectivity index (χ0v) is 16.0. The number of likely N-dealkylation sites (tertiary alicyclic amines) is 1. The molecule has 1 aliphatic heterocycles. The van der Waals surface area contributed by atoms with Crippen LogP contribution in [0.2, 0.25) is 0 Å². The highest BCUT2D eigenvalue weighted by molar-refractivity contribution is 5.92. The van der Waals surface area contributed by atoms with Gasteiger partial charge in [0.05, 0.1) is 28.8 Å². The van der Waals surface area contributed by atoms with Gasteiger partial charge in [-0.05, 0) is 51.7 Å². The molecule has 3 aromatic heterocycles. The number of carbonyl (C=O) groups excluding carboxylic acids is 1. The molecular weight excluding hydrogens is 356 g/mol. The molecule has 3 aromatic rings. The SMILES string of the molecule is Cc1noc(C)c1-c1cnc(CCC2CCCN2C(=O)c2cccnn2)cn1. The van der Waals surface area contributed by atoms with Crippen molar-refractivity contribution in [1.82, 2.24) is 30.2 Å². The van der Waals surface area contributed by atoms with E-state index in [1.165, 1.54) is 0 Å². The number of rotatable bonds is 5. The summed E-state index contributed by atoms with van der Waals surface area (Å²) >= 11 is 0. The quantitative estimate of drug-likeness (QED) is 0.673. The van der Waals surface area contributed by atoms with Crippen LogP contribution in [-0.4, -0.2) is 48.7 Å². The Kier molecular flexibility index (Phi) is 5.10. The number of hydrogen-bond donors (Lipinski definition) is 0. The van der Waals surface area contributed by atoms with Crippen LogP contribution < -0.4 is 0 Å². The molecule has 4 rings (SSSR count). The molecule has 1 atom stereocenters. The van der Waals surface area contributed by atoms with Gasteiger partial charge >= 0.3 is 0 Å². The Morgan fingerprint density at radius 3 is 2.86 bits per heavy atom.